The Bertz CT molecular complexity index is 659. The molecular formula is C17H20ClNO2S. The summed E-state index contributed by atoms with van der Waals surface area (Å²) in [6, 6.07) is 6.41. The summed E-state index contributed by atoms with van der Waals surface area (Å²) in [6.07, 6.45) is 11.7. The minimum absolute atomic E-state index is 0.327. The van der Waals surface area contributed by atoms with Gasteiger partial charge in [-0.15, -0.1) is 0 Å². The molecule has 3 nitrogen and oxygen atoms in total. The minimum Gasteiger partial charge on any atom is -0.207 e. The van der Waals surface area contributed by atoms with Gasteiger partial charge in [0.15, 0.2) is 0 Å². The fraction of sp³-hybridized carbons (Fsp3) is 0.412. The van der Waals surface area contributed by atoms with E-state index in [1.54, 1.807) is 28.6 Å². The second kappa shape index (κ2) is 6.57. The van der Waals surface area contributed by atoms with Crippen LogP contribution in [0.5, 0.6) is 0 Å². The van der Waals surface area contributed by atoms with Gasteiger partial charge >= 0.3 is 0 Å². The molecule has 0 spiro atoms. The molecule has 1 fully saturated rings. The molecule has 0 amide bonds. The zero-order chi connectivity index (χ0) is 15.6. The number of piperidine rings is 1. The van der Waals surface area contributed by atoms with Crippen LogP contribution in [0.15, 0.2) is 53.5 Å². The van der Waals surface area contributed by atoms with Gasteiger partial charge < -0.3 is 0 Å². The van der Waals surface area contributed by atoms with Crippen LogP contribution in [-0.4, -0.2) is 25.8 Å². The predicted octanol–water partition coefficient (Wildman–Crippen LogP) is 3.87. The molecule has 3 rings (SSSR count). The van der Waals surface area contributed by atoms with E-state index in [1.807, 2.05) is 0 Å². The third-order valence-electron chi connectivity index (χ3n) is 4.48. The van der Waals surface area contributed by atoms with Gasteiger partial charge in [-0.3, -0.25) is 0 Å². The van der Waals surface area contributed by atoms with Crippen molar-refractivity contribution in [2.75, 3.05) is 13.1 Å². The van der Waals surface area contributed by atoms with Crippen LogP contribution < -0.4 is 0 Å². The van der Waals surface area contributed by atoms with Gasteiger partial charge in [-0.2, -0.15) is 4.31 Å². The van der Waals surface area contributed by atoms with Gasteiger partial charge in [0.1, 0.15) is 0 Å². The highest BCUT2D eigenvalue weighted by Crippen LogP contribution is 2.31. The van der Waals surface area contributed by atoms with E-state index >= 15 is 0 Å². The Hall–Kier alpha value is -1.10. The molecule has 0 unspecified atom stereocenters. The maximum Gasteiger partial charge on any atom is 0.243 e. The smallest absolute Gasteiger partial charge is 0.207 e. The lowest BCUT2D eigenvalue weighted by Gasteiger charge is -2.34. The molecule has 1 aromatic rings. The Morgan fingerprint density at radius 3 is 2.18 bits per heavy atom. The maximum absolute atomic E-state index is 12.6. The van der Waals surface area contributed by atoms with Crippen LogP contribution in [0.25, 0.3) is 0 Å². The summed E-state index contributed by atoms with van der Waals surface area (Å²) < 4.78 is 26.9. The Kier molecular flexibility index (Phi) is 4.71. The topological polar surface area (TPSA) is 37.4 Å². The predicted molar refractivity (Wildman–Crippen MR) is 89.3 cm³/mol. The number of allylic oxidation sites excluding steroid dienone is 4. The molecule has 118 valence electrons. The van der Waals surface area contributed by atoms with Crippen molar-refractivity contribution in [3.05, 3.63) is 53.6 Å². The van der Waals surface area contributed by atoms with E-state index in [1.165, 1.54) is 0 Å². The first-order chi connectivity index (χ1) is 10.6. The third-order valence-corrected chi connectivity index (χ3v) is 6.65. The van der Waals surface area contributed by atoms with Gasteiger partial charge in [0, 0.05) is 18.1 Å². The van der Waals surface area contributed by atoms with Gasteiger partial charge in [-0.25, -0.2) is 8.42 Å². The number of rotatable bonds is 3. The molecular weight excluding hydrogens is 318 g/mol. The summed E-state index contributed by atoms with van der Waals surface area (Å²) in [7, 11) is -3.39. The van der Waals surface area contributed by atoms with E-state index in [0.29, 0.717) is 34.8 Å². The lowest BCUT2D eigenvalue weighted by molar-refractivity contribution is 0.250. The summed E-state index contributed by atoms with van der Waals surface area (Å²) in [5.41, 5.74) is 0. The van der Waals surface area contributed by atoms with E-state index in [-0.39, 0.29) is 0 Å². The standard InChI is InChI=1S/C17H20ClNO2S/c18-16-6-8-17(9-7-16)22(20,21)19-12-10-15(11-13-19)14-4-2-1-3-5-14/h2-9,14-15H,1,10-13H2. The van der Waals surface area contributed by atoms with Crippen molar-refractivity contribution in [2.24, 2.45) is 11.8 Å². The Labute approximate surface area is 137 Å². The van der Waals surface area contributed by atoms with Crippen molar-refractivity contribution in [1.29, 1.82) is 0 Å². The molecule has 5 heteroatoms. The number of hydrogen-bond donors (Lipinski definition) is 0. The first kappa shape index (κ1) is 15.8. The SMILES string of the molecule is O=S(=O)(c1ccc(Cl)cc1)N1CCC(C2C=CCC=C2)CC1. The molecule has 0 N–H and O–H groups in total. The lowest BCUT2D eigenvalue weighted by Crippen LogP contribution is -2.39. The second-order valence-electron chi connectivity index (χ2n) is 5.86. The zero-order valence-corrected chi connectivity index (χ0v) is 13.9. The van der Waals surface area contributed by atoms with Gasteiger partial charge in [0.25, 0.3) is 0 Å². The highest BCUT2D eigenvalue weighted by molar-refractivity contribution is 7.89. The average Bonchev–Trinajstić information content (AvgIpc) is 2.56. The van der Waals surface area contributed by atoms with Crippen molar-refractivity contribution >= 4 is 21.6 Å². The maximum atomic E-state index is 12.6. The quantitative estimate of drug-likeness (QED) is 0.785. The van der Waals surface area contributed by atoms with Crippen LogP contribution in [0.3, 0.4) is 0 Å². The lowest BCUT2D eigenvalue weighted by atomic mass is 9.83. The fourth-order valence-corrected chi connectivity index (χ4v) is 4.78. The van der Waals surface area contributed by atoms with E-state index in [4.69, 9.17) is 11.6 Å². The average molecular weight is 338 g/mol. The molecule has 1 saturated heterocycles. The van der Waals surface area contributed by atoms with Gasteiger partial charge in [-0.05, 0) is 55.4 Å². The molecule has 1 aliphatic heterocycles. The van der Waals surface area contributed by atoms with Crippen LogP contribution in [0.4, 0.5) is 0 Å². The molecule has 0 atom stereocenters. The molecule has 0 aromatic heterocycles. The second-order valence-corrected chi connectivity index (χ2v) is 8.24. The van der Waals surface area contributed by atoms with E-state index in [2.05, 4.69) is 24.3 Å². The minimum atomic E-state index is -3.39. The molecule has 1 aliphatic carbocycles. The number of halogens is 1. The van der Waals surface area contributed by atoms with Crippen molar-refractivity contribution in [2.45, 2.75) is 24.2 Å². The summed E-state index contributed by atoms with van der Waals surface area (Å²) in [4.78, 5) is 0.327. The number of nitrogens with zero attached hydrogens (tertiary/aromatic N) is 1. The van der Waals surface area contributed by atoms with Crippen molar-refractivity contribution in [1.82, 2.24) is 4.31 Å². The molecule has 22 heavy (non-hydrogen) atoms. The first-order valence-corrected chi connectivity index (χ1v) is 9.48. The molecule has 1 heterocycles. The Morgan fingerprint density at radius 1 is 1.00 bits per heavy atom. The van der Waals surface area contributed by atoms with Crippen molar-refractivity contribution in [3.8, 4) is 0 Å². The highest BCUT2D eigenvalue weighted by Gasteiger charge is 2.31. The summed E-state index contributed by atoms with van der Waals surface area (Å²) in [5.74, 6) is 1.01. The van der Waals surface area contributed by atoms with Crippen molar-refractivity contribution < 1.29 is 8.42 Å². The largest absolute Gasteiger partial charge is 0.243 e. The van der Waals surface area contributed by atoms with Crippen LogP contribution in [0, 0.1) is 11.8 Å². The van der Waals surface area contributed by atoms with Gasteiger partial charge in [0.05, 0.1) is 4.90 Å². The zero-order valence-electron chi connectivity index (χ0n) is 12.4. The number of benzene rings is 1. The Balaban J connectivity index is 1.67. The van der Waals surface area contributed by atoms with Crippen LogP contribution in [0.2, 0.25) is 5.02 Å². The molecule has 2 aliphatic rings. The summed E-state index contributed by atoms with van der Waals surface area (Å²) in [6.45, 7) is 1.18. The first-order valence-electron chi connectivity index (χ1n) is 7.66. The molecule has 0 radical (unpaired) electrons. The Morgan fingerprint density at radius 2 is 1.59 bits per heavy atom. The number of sulfonamides is 1. The molecule has 0 saturated carbocycles. The van der Waals surface area contributed by atoms with Gasteiger partial charge in [-0.1, -0.05) is 35.9 Å². The van der Waals surface area contributed by atoms with E-state index in [9.17, 15) is 8.42 Å². The van der Waals surface area contributed by atoms with Crippen LogP contribution in [0.1, 0.15) is 19.3 Å². The highest BCUT2D eigenvalue weighted by atomic mass is 35.5. The third kappa shape index (κ3) is 3.29. The van der Waals surface area contributed by atoms with Crippen LogP contribution in [-0.2, 0) is 10.0 Å². The monoisotopic (exact) mass is 337 g/mol. The van der Waals surface area contributed by atoms with Crippen molar-refractivity contribution in [3.63, 3.8) is 0 Å². The van der Waals surface area contributed by atoms with E-state index < -0.39 is 10.0 Å². The molecule has 1 aromatic carbocycles. The summed E-state index contributed by atoms with van der Waals surface area (Å²) in [5, 5.41) is 0.550. The van der Waals surface area contributed by atoms with Gasteiger partial charge in [0.2, 0.25) is 10.0 Å². The molecule has 0 bridgehead atoms. The van der Waals surface area contributed by atoms with Crippen LogP contribution >= 0.6 is 11.6 Å². The number of hydrogen-bond acceptors (Lipinski definition) is 2. The van der Waals surface area contributed by atoms with E-state index in [0.717, 1.165) is 19.3 Å². The normalized spacial score (nSPS) is 21.3. The fourth-order valence-electron chi connectivity index (χ4n) is 3.19. The summed E-state index contributed by atoms with van der Waals surface area (Å²) >= 11 is 5.83.